The number of nitrogens with one attached hydrogen (secondary N) is 2. The standard InChI is InChI=1S/C13H16BrN3O2S/c14-11-2-1-9(20)7-10(11)13(19)16-8-12(18)17-5-3-15-4-6-17/h1-2,7,15,20H,3-6,8H2,(H,16,19). The van der Waals surface area contributed by atoms with E-state index in [1.807, 2.05) is 0 Å². The first-order valence-electron chi connectivity index (χ1n) is 6.33. The SMILES string of the molecule is O=C(NCC(=O)N1CCNCC1)c1cc(S)ccc1Br. The van der Waals surface area contributed by atoms with Gasteiger partial charge in [-0.3, -0.25) is 9.59 Å². The molecule has 0 bridgehead atoms. The largest absolute Gasteiger partial charge is 0.343 e. The molecule has 2 N–H and O–H groups in total. The van der Waals surface area contributed by atoms with E-state index in [1.54, 1.807) is 23.1 Å². The molecule has 0 aliphatic carbocycles. The normalized spacial score (nSPS) is 15.0. The lowest BCUT2D eigenvalue weighted by Gasteiger charge is -2.27. The highest BCUT2D eigenvalue weighted by Gasteiger charge is 2.17. The highest BCUT2D eigenvalue weighted by atomic mass is 79.9. The topological polar surface area (TPSA) is 61.4 Å². The van der Waals surface area contributed by atoms with Crippen LogP contribution in [0.5, 0.6) is 0 Å². The Kier molecular flexibility index (Phi) is 5.45. The number of benzene rings is 1. The Labute approximate surface area is 131 Å². The fraction of sp³-hybridized carbons (Fsp3) is 0.385. The molecule has 2 amide bonds. The van der Waals surface area contributed by atoms with E-state index < -0.39 is 0 Å². The van der Waals surface area contributed by atoms with E-state index >= 15 is 0 Å². The number of nitrogens with zero attached hydrogens (tertiary/aromatic N) is 1. The molecule has 1 aliphatic rings. The predicted octanol–water partition coefficient (Wildman–Crippen LogP) is 0.899. The molecular formula is C13H16BrN3O2S. The Morgan fingerprint density at radius 2 is 2.05 bits per heavy atom. The van der Waals surface area contributed by atoms with Crippen molar-refractivity contribution < 1.29 is 9.59 Å². The second kappa shape index (κ2) is 7.10. The molecule has 0 unspecified atom stereocenters. The molecule has 5 nitrogen and oxygen atoms in total. The van der Waals surface area contributed by atoms with Gasteiger partial charge in [-0.15, -0.1) is 12.6 Å². The molecule has 1 aliphatic heterocycles. The summed E-state index contributed by atoms with van der Waals surface area (Å²) in [6.07, 6.45) is 0. The lowest BCUT2D eigenvalue weighted by atomic mass is 10.2. The van der Waals surface area contributed by atoms with Crippen LogP contribution in [0.1, 0.15) is 10.4 Å². The number of hydrogen-bond acceptors (Lipinski definition) is 4. The minimum Gasteiger partial charge on any atom is -0.343 e. The van der Waals surface area contributed by atoms with Crippen LogP contribution in [0.25, 0.3) is 0 Å². The molecule has 1 heterocycles. The van der Waals surface area contributed by atoms with Gasteiger partial charge in [-0.25, -0.2) is 0 Å². The molecule has 1 aromatic carbocycles. The maximum Gasteiger partial charge on any atom is 0.252 e. The molecule has 1 fully saturated rings. The van der Waals surface area contributed by atoms with Crippen LogP contribution >= 0.6 is 28.6 Å². The second-order valence-corrected chi connectivity index (χ2v) is 5.85. The highest BCUT2D eigenvalue weighted by Crippen LogP contribution is 2.20. The minimum absolute atomic E-state index is 0.0159. The fourth-order valence-corrected chi connectivity index (χ4v) is 2.59. The van der Waals surface area contributed by atoms with Gasteiger partial charge < -0.3 is 15.5 Å². The van der Waals surface area contributed by atoms with Gasteiger partial charge >= 0.3 is 0 Å². The first-order chi connectivity index (χ1) is 9.58. The molecule has 0 atom stereocenters. The van der Waals surface area contributed by atoms with Crippen LogP contribution in [-0.2, 0) is 4.79 Å². The molecule has 2 rings (SSSR count). The van der Waals surface area contributed by atoms with Crippen molar-refractivity contribution in [3.8, 4) is 0 Å². The third kappa shape index (κ3) is 3.97. The van der Waals surface area contributed by atoms with Crippen molar-refractivity contribution in [1.29, 1.82) is 0 Å². The summed E-state index contributed by atoms with van der Waals surface area (Å²) in [6, 6.07) is 5.21. The van der Waals surface area contributed by atoms with Crippen LogP contribution in [0.3, 0.4) is 0 Å². The number of thiol groups is 1. The van der Waals surface area contributed by atoms with E-state index in [2.05, 4.69) is 39.2 Å². The average Bonchev–Trinajstić information content (AvgIpc) is 2.47. The third-order valence-corrected chi connectivity index (χ3v) is 4.03. The van der Waals surface area contributed by atoms with Crippen molar-refractivity contribution in [2.45, 2.75) is 4.90 Å². The quantitative estimate of drug-likeness (QED) is 0.704. The Morgan fingerprint density at radius 3 is 2.75 bits per heavy atom. The molecule has 7 heteroatoms. The maximum absolute atomic E-state index is 12.0. The molecule has 0 saturated carbocycles. The van der Waals surface area contributed by atoms with E-state index in [9.17, 15) is 9.59 Å². The molecule has 20 heavy (non-hydrogen) atoms. The summed E-state index contributed by atoms with van der Waals surface area (Å²) in [5.41, 5.74) is 0.477. The lowest BCUT2D eigenvalue weighted by molar-refractivity contribution is -0.130. The van der Waals surface area contributed by atoms with Crippen molar-refractivity contribution in [1.82, 2.24) is 15.5 Å². The summed E-state index contributed by atoms with van der Waals surface area (Å²) in [6.45, 7) is 2.98. The van der Waals surface area contributed by atoms with Gasteiger partial charge in [0, 0.05) is 35.5 Å². The Hall–Kier alpha value is -1.05. The summed E-state index contributed by atoms with van der Waals surface area (Å²) in [4.78, 5) is 26.4. The fourth-order valence-electron chi connectivity index (χ4n) is 1.96. The summed E-state index contributed by atoms with van der Waals surface area (Å²) in [5, 5.41) is 5.83. The van der Waals surface area contributed by atoms with Gasteiger partial charge in [-0.05, 0) is 34.1 Å². The summed E-state index contributed by atoms with van der Waals surface area (Å²) in [5.74, 6) is -0.339. The first-order valence-corrected chi connectivity index (χ1v) is 7.57. The maximum atomic E-state index is 12.0. The number of amides is 2. The van der Waals surface area contributed by atoms with Gasteiger partial charge in [-0.1, -0.05) is 0 Å². The smallest absolute Gasteiger partial charge is 0.252 e. The number of rotatable bonds is 3. The molecule has 1 aromatic rings. The molecule has 0 spiro atoms. The average molecular weight is 358 g/mol. The van der Waals surface area contributed by atoms with E-state index in [-0.39, 0.29) is 18.4 Å². The molecule has 0 radical (unpaired) electrons. The van der Waals surface area contributed by atoms with Gasteiger partial charge in [-0.2, -0.15) is 0 Å². The zero-order valence-electron chi connectivity index (χ0n) is 10.9. The highest BCUT2D eigenvalue weighted by molar-refractivity contribution is 9.10. The van der Waals surface area contributed by atoms with Crippen molar-refractivity contribution in [2.75, 3.05) is 32.7 Å². The van der Waals surface area contributed by atoms with Gasteiger partial charge in [0.25, 0.3) is 5.91 Å². The predicted molar refractivity (Wildman–Crippen MR) is 83.2 cm³/mol. The van der Waals surface area contributed by atoms with Gasteiger partial charge in [0.05, 0.1) is 12.1 Å². The number of hydrogen-bond donors (Lipinski definition) is 3. The first kappa shape index (κ1) is 15.3. The van der Waals surface area contributed by atoms with Crippen LogP contribution in [-0.4, -0.2) is 49.4 Å². The van der Waals surface area contributed by atoms with Crippen molar-refractivity contribution in [3.05, 3.63) is 28.2 Å². The van der Waals surface area contributed by atoms with Crippen molar-refractivity contribution in [2.24, 2.45) is 0 Å². The number of carbonyl (C=O) groups is 2. The lowest BCUT2D eigenvalue weighted by Crippen LogP contribution is -2.49. The van der Waals surface area contributed by atoms with Gasteiger partial charge in [0.15, 0.2) is 0 Å². The number of piperazine rings is 1. The molecule has 0 aromatic heterocycles. The van der Waals surface area contributed by atoms with E-state index in [0.717, 1.165) is 13.1 Å². The molecule has 108 valence electrons. The van der Waals surface area contributed by atoms with Crippen molar-refractivity contribution >= 4 is 40.4 Å². The summed E-state index contributed by atoms with van der Waals surface area (Å²) in [7, 11) is 0. The second-order valence-electron chi connectivity index (χ2n) is 4.48. The third-order valence-electron chi connectivity index (χ3n) is 3.06. The van der Waals surface area contributed by atoms with Crippen molar-refractivity contribution in [3.63, 3.8) is 0 Å². The van der Waals surface area contributed by atoms with E-state index in [4.69, 9.17) is 0 Å². The van der Waals surface area contributed by atoms with Crippen LogP contribution in [0, 0.1) is 0 Å². The Balaban J connectivity index is 1.91. The Morgan fingerprint density at radius 1 is 1.35 bits per heavy atom. The Bertz CT molecular complexity index is 518. The van der Waals surface area contributed by atoms with Crippen LogP contribution in [0.15, 0.2) is 27.6 Å². The monoisotopic (exact) mass is 357 g/mol. The molecular weight excluding hydrogens is 342 g/mol. The van der Waals surface area contributed by atoms with E-state index in [0.29, 0.717) is 28.0 Å². The zero-order chi connectivity index (χ0) is 14.5. The van der Waals surface area contributed by atoms with Crippen LogP contribution in [0.2, 0.25) is 0 Å². The van der Waals surface area contributed by atoms with Gasteiger partial charge in [0.2, 0.25) is 5.91 Å². The zero-order valence-corrected chi connectivity index (χ0v) is 13.3. The van der Waals surface area contributed by atoms with Crippen LogP contribution in [0.4, 0.5) is 0 Å². The minimum atomic E-state index is -0.281. The molecule has 1 saturated heterocycles. The van der Waals surface area contributed by atoms with E-state index in [1.165, 1.54) is 0 Å². The number of halogens is 1. The summed E-state index contributed by atoms with van der Waals surface area (Å²) < 4.78 is 0.683. The van der Waals surface area contributed by atoms with Gasteiger partial charge in [0.1, 0.15) is 0 Å². The van der Waals surface area contributed by atoms with Crippen LogP contribution < -0.4 is 10.6 Å². The summed E-state index contributed by atoms with van der Waals surface area (Å²) >= 11 is 7.52. The number of carbonyl (C=O) groups excluding carboxylic acids is 2.